The maximum Gasteiger partial charge on any atom is 0.254 e. The Bertz CT molecular complexity index is 613. The summed E-state index contributed by atoms with van der Waals surface area (Å²) in [6, 6.07) is 13.2. The van der Waals surface area contributed by atoms with Crippen LogP contribution in [0.4, 0.5) is 0 Å². The van der Waals surface area contributed by atoms with Crippen LogP contribution in [0.25, 0.3) is 0 Å². The van der Waals surface area contributed by atoms with Gasteiger partial charge in [-0.15, -0.1) is 12.6 Å². The molecule has 0 unspecified atom stereocenters. The van der Waals surface area contributed by atoms with Crippen LogP contribution in [0, 0.1) is 6.92 Å². The highest BCUT2D eigenvalue weighted by atomic mass is 32.1. The maximum absolute atomic E-state index is 12.5. The lowest BCUT2D eigenvalue weighted by Crippen LogP contribution is -2.30. The highest BCUT2D eigenvalue weighted by Gasteiger charge is 2.15. The lowest BCUT2D eigenvalue weighted by Gasteiger charge is -2.21. The molecule has 1 amide bonds. The van der Waals surface area contributed by atoms with Crippen molar-refractivity contribution in [1.29, 1.82) is 0 Å². The quantitative estimate of drug-likeness (QED) is 0.875. The Morgan fingerprint density at radius 2 is 2.00 bits per heavy atom. The van der Waals surface area contributed by atoms with Crippen LogP contribution in [0.2, 0.25) is 0 Å². The van der Waals surface area contributed by atoms with Gasteiger partial charge in [0.1, 0.15) is 0 Å². The van der Waals surface area contributed by atoms with E-state index >= 15 is 0 Å². The Hall–Kier alpha value is -1.81. The van der Waals surface area contributed by atoms with E-state index in [4.69, 9.17) is 0 Å². The fourth-order valence-corrected chi connectivity index (χ4v) is 2.26. The number of hydrogen-bond acceptors (Lipinski definition) is 3. The molecule has 0 aliphatic carbocycles. The summed E-state index contributed by atoms with van der Waals surface area (Å²) in [4.78, 5) is 19.5. The normalized spacial score (nSPS) is 10.3. The van der Waals surface area contributed by atoms with E-state index in [9.17, 15) is 4.79 Å². The van der Waals surface area contributed by atoms with Crippen LogP contribution in [0.1, 0.15) is 28.7 Å². The van der Waals surface area contributed by atoms with Crippen molar-refractivity contribution in [3.05, 3.63) is 59.4 Å². The van der Waals surface area contributed by atoms with Gasteiger partial charge >= 0.3 is 0 Å². The van der Waals surface area contributed by atoms with Crippen molar-refractivity contribution in [2.45, 2.75) is 25.3 Å². The fourth-order valence-electron chi connectivity index (χ4n) is 2.03. The zero-order valence-electron chi connectivity index (χ0n) is 11.7. The van der Waals surface area contributed by atoms with E-state index in [-0.39, 0.29) is 5.91 Å². The highest BCUT2D eigenvalue weighted by molar-refractivity contribution is 7.80. The van der Waals surface area contributed by atoms with Crippen LogP contribution in [0.15, 0.2) is 47.4 Å². The molecule has 4 heteroatoms. The predicted molar refractivity (Wildman–Crippen MR) is 83.1 cm³/mol. The standard InChI is InChI=1S/C16H18N2OS/c1-3-18(11-14-8-4-6-12(2)17-14)16(19)13-7-5-9-15(20)10-13/h4-10,20H,3,11H2,1-2H3. The van der Waals surface area contributed by atoms with Crippen molar-refractivity contribution in [2.24, 2.45) is 0 Å². The average molecular weight is 286 g/mol. The van der Waals surface area contributed by atoms with Crippen molar-refractivity contribution in [1.82, 2.24) is 9.88 Å². The molecule has 0 fully saturated rings. The lowest BCUT2D eigenvalue weighted by molar-refractivity contribution is 0.0750. The summed E-state index contributed by atoms with van der Waals surface area (Å²) in [7, 11) is 0. The first kappa shape index (κ1) is 14.6. The molecule has 0 radical (unpaired) electrons. The predicted octanol–water partition coefficient (Wildman–Crippen LogP) is 3.34. The third kappa shape index (κ3) is 3.61. The van der Waals surface area contributed by atoms with E-state index in [0.717, 1.165) is 16.3 Å². The van der Waals surface area contributed by atoms with Gasteiger partial charge in [0, 0.05) is 22.7 Å². The molecule has 0 bridgehead atoms. The van der Waals surface area contributed by atoms with E-state index in [1.54, 1.807) is 11.0 Å². The van der Waals surface area contributed by atoms with Crippen molar-refractivity contribution in [3.8, 4) is 0 Å². The second-order valence-electron chi connectivity index (χ2n) is 4.64. The van der Waals surface area contributed by atoms with Crippen molar-refractivity contribution < 1.29 is 4.79 Å². The summed E-state index contributed by atoms with van der Waals surface area (Å²) in [6.45, 7) is 5.09. The summed E-state index contributed by atoms with van der Waals surface area (Å²) in [5.74, 6) is 0.00621. The van der Waals surface area contributed by atoms with Crippen molar-refractivity contribution >= 4 is 18.5 Å². The zero-order chi connectivity index (χ0) is 14.5. The number of hydrogen-bond donors (Lipinski definition) is 1. The van der Waals surface area contributed by atoms with Gasteiger partial charge in [-0.1, -0.05) is 12.1 Å². The zero-order valence-corrected chi connectivity index (χ0v) is 12.6. The molecule has 0 aliphatic heterocycles. The van der Waals surface area contributed by atoms with Crippen molar-refractivity contribution in [2.75, 3.05) is 6.54 Å². The fraction of sp³-hybridized carbons (Fsp3) is 0.250. The lowest BCUT2D eigenvalue weighted by atomic mass is 10.2. The van der Waals surface area contributed by atoms with E-state index in [1.165, 1.54) is 0 Å². The molecule has 0 saturated carbocycles. The van der Waals surface area contributed by atoms with E-state index in [2.05, 4.69) is 17.6 Å². The minimum atomic E-state index is 0.00621. The third-order valence-corrected chi connectivity index (χ3v) is 3.34. The van der Waals surface area contributed by atoms with Gasteiger partial charge in [-0.3, -0.25) is 9.78 Å². The minimum absolute atomic E-state index is 0.00621. The van der Waals surface area contributed by atoms with Gasteiger partial charge < -0.3 is 4.90 Å². The number of carbonyl (C=O) groups excluding carboxylic acids is 1. The highest BCUT2D eigenvalue weighted by Crippen LogP contribution is 2.13. The first-order valence-corrected chi connectivity index (χ1v) is 7.05. The van der Waals surface area contributed by atoms with Crippen LogP contribution in [-0.2, 0) is 6.54 Å². The number of benzene rings is 1. The first-order valence-electron chi connectivity index (χ1n) is 6.61. The van der Waals surface area contributed by atoms with Crippen molar-refractivity contribution in [3.63, 3.8) is 0 Å². The molecule has 1 aromatic heterocycles. The second-order valence-corrected chi connectivity index (χ2v) is 5.16. The molecular formula is C16H18N2OS. The largest absolute Gasteiger partial charge is 0.333 e. The summed E-state index contributed by atoms with van der Waals surface area (Å²) in [6.07, 6.45) is 0. The van der Waals surface area contributed by atoms with Crippen LogP contribution >= 0.6 is 12.6 Å². The van der Waals surface area contributed by atoms with E-state index in [0.29, 0.717) is 18.7 Å². The molecule has 0 spiro atoms. The van der Waals surface area contributed by atoms with E-state index < -0.39 is 0 Å². The number of carbonyl (C=O) groups is 1. The molecule has 2 aromatic rings. The maximum atomic E-state index is 12.5. The molecule has 0 N–H and O–H groups in total. The number of thiol groups is 1. The minimum Gasteiger partial charge on any atom is -0.333 e. The van der Waals surface area contributed by atoms with Gasteiger partial charge in [0.05, 0.1) is 12.2 Å². The summed E-state index contributed by atoms with van der Waals surface area (Å²) in [5.41, 5.74) is 2.53. The molecule has 1 aromatic carbocycles. The molecule has 20 heavy (non-hydrogen) atoms. The Morgan fingerprint density at radius 1 is 1.25 bits per heavy atom. The SMILES string of the molecule is CCN(Cc1cccc(C)n1)C(=O)c1cccc(S)c1. The van der Waals surface area contributed by atoms with E-state index in [1.807, 2.05) is 50.2 Å². The van der Waals surface area contributed by atoms with Crippen LogP contribution in [0.5, 0.6) is 0 Å². The molecular weight excluding hydrogens is 268 g/mol. The molecule has 0 aliphatic rings. The molecule has 1 heterocycles. The van der Waals surface area contributed by atoms with Gasteiger partial charge in [0.15, 0.2) is 0 Å². The summed E-state index contributed by atoms with van der Waals surface area (Å²) >= 11 is 4.28. The van der Waals surface area contributed by atoms with Crippen LogP contribution in [-0.4, -0.2) is 22.3 Å². The number of pyridine rings is 1. The topological polar surface area (TPSA) is 33.2 Å². The number of aromatic nitrogens is 1. The Morgan fingerprint density at radius 3 is 2.65 bits per heavy atom. The second kappa shape index (κ2) is 6.57. The van der Waals surface area contributed by atoms with Gasteiger partial charge in [-0.2, -0.15) is 0 Å². The molecule has 0 saturated heterocycles. The summed E-state index contributed by atoms with van der Waals surface area (Å²) in [5, 5.41) is 0. The Balaban J connectivity index is 2.18. The van der Waals surface area contributed by atoms with Gasteiger partial charge in [0.2, 0.25) is 0 Å². The molecule has 2 rings (SSSR count). The Kier molecular flexibility index (Phi) is 4.79. The molecule has 104 valence electrons. The molecule has 3 nitrogen and oxygen atoms in total. The number of amides is 1. The smallest absolute Gasteiger partial charge is 0.254 e. The van der Waals surface area contributed by atoms with Crippen LogP contribution < -0.4 is 0 Å². The van der Waals surface area contributed by atoms with Gasteiger partial charge in [-0.25, -0.2) is 0 Å². The monoisotopic (exact) mass is 286 g/mol. The summed E-state index contributed by atoms with van der Waals surface area (Å²) < 4.78 is 0. The first-order chi connectivity index (χ1) is 9.60. The number of aryl methyl sites for hydroxylation is 1. The Labute approximate surface area is 125 Å². The average Bonchev–Trinajstić information content (AvgIpc) is 2.44. The number of nitrogens with zero attached hydrogens (tertiary/aromatic N) is 2. The third-order valence-electron chi connectivity index (χ3n) is 3.06. The number of rotatable bonds is 4. The van der Waals surface area contributed by atoms with Gasteiger partial charge in [0.25, 0.3) is 5.91 Å². The molecule has 0 atom stereocenters. The van der Waals surface area contributed by atoms with Gasteiger partial charge in [-0.05, 0) is 44.2 Å². The van der Waals surface area contributed by atoms with Crippen LogP contribution in [0.3, 0.4) is 0 Å².